The standard InChI is InChI=1S/C11H14N2O3/c1-13(7-10(12)14)11(15)8-4-3-5-9(6-8)16-2/h3-6H,7H2,1-2H3,(H2,12,14). The summed E-state index contributed by atoms with van der Waals surface area (Å²) in [6, 6.07) is 6.72. The number of nitrogens with two attached hydrogens (primary N) is 1. The third-order valence-corrected chi connectivity index (χ3v) is 2.06. The summed E-state index contributed by atoms with van der Waals surface area (Å²) >= 11 is 0. The lowest BCUT2D eigenvalue weighted by molar-refractivity contribution is -0.118. The molecule has 1 aromatic carbocycles. The van der Waals surface area contributed by atoms with Gasteiger partial charge in [-0.1, -0.05) is 6.07 Å². The normalized spacial score (nSPS) is 9.62. The molecule has 0 radical (unpaired) electrons. The lowest BCUT2D eigenvalue weighted by Crippen LogP contribution is -2.35. The van der Waals surface area contributed by atoms with Crippen molar-refractivity contribution < 1.29 is 14.3 Å². The molecule has 5 nitrogen and oxygen atoms in total. The van der Waals surface area contributed by atoms with Gasteiger partial charge < -0.3 is 15.4 Å². The first kappa shape index (κ1) is 12.0. The van der Waals surface area contributed by atoms with E-state index in [2.05, 4.69) is 0 Å². The van der Waals surface area contributed by atoms with Crippen LogP contribution in [0.2, 0.25) is 0 Å². The number of carbonyl (C=O) groups excluding carboxylic acids is 2. The largest absolute Gasteiger partial charge is 0.497 e. The van der Waals surface area contributed by atoms with Crippen LogP contribution in [0.1, 0.15) is 10.4 Å². The van der Waals surface area contributed by atoms with E-state index in [1.807, 2.05) is 0 Å². The molecule has 0 saturated carbocycles. The van der Waals surface area contributed by atoms with Gasteiger partial charge in [-0.15, -0.1) is 0 Å². The van der Waals surface area contributed by atoms with Crippen molar-refractivity contribution in [3.05, 3.63) is 29.8 Å². The Morgan fingerprint density at radius 2 is 2.12 bits per heavy atom. The predicted octanol–water partition coefficient (Wildman–Crippen LogP) is 0.252. The highest BCUT2D eigenvalue weighted by molar-refractivity contribution is 5.96. The minimum atomic E-state index is -0.543. The molecule has 1 aromatic rings. The Morgan fingerprint density at radius 3 is 2.69 bits per heavy atom. The van der Waals surface area contributed by atoms with E-state index in [-0.39, 0.29) is 12.5 Å². The maximum atomic E-state index is 11.8. The maximum Gasteiger partial charge on any atom is 0.254 e. The van der Waals surface area contributed by atoms with Crippen LogP contribution in [0.5, 0.6) is 5.75 Å². The summed E-state index contributed by atoms with van der Waals surface area (Å²) in [6.07, 6.45) is 0. The molecule has 0 fully saturated rings. The number of benzene rings is 1. The van der Waals surface area contributed by atoms with Crippen molar-refractivity contribution in [2.75, 3.05) is 20.7 Å². The highest BCUT2D eigenvalue weighted by atomic mass is 16.5. The lowest BCUT2D eigenvalue weighted by atomic mass is 10.2. The molecule has 5 heteroatoms. The zero-order chi connectivity index (χ0) is 12.1. The van der Waals surface area contributed by atoms with Crippen LogP contribution >= 0.6 is 0 Å². The Hall–Kier alpha value is -2.04. The van der Waals surface area contributed by atoms with Crippen LogP contribution in [0.4, 0.5) is 0 Å². The van der Waals surface area contributed by atoms with Gasteiger partial charge in [-0.2, -0.15) is 0 Å². The lowest BCUT2D eigenvalue weighted by Gasteiger charge is -2.15. The third-order valence-electron chi connectivity index (χ3n) is 2.06. The van der Waals surface area contributed by atoms with Gasteiger partial charge in [0.2, 0.25) is 5.91 Å². The Labute approximate surface area is 93.8 Å². The van der Waals surface area contributed by atoms with E-state index < -0.39 is 5.91 Å². The number of nitrogens with zero attached hydrogens (tertiary/aromatic N) is 1. The molecule has 1 rings (SSSR count). The van der Waals surface area contributed by atoms with Crippen LogP contribution in [0, 0.1) is 0 Å². The smallest absolute Gasteiger partial charge is 0.254 e. The van der Waals surface area contributed by atoms with Crippen molar-refractivity contribution >= 4 is 11.8 Å². The van der Waals surface area contributed by atoms with Crippen molar-refractivity contribution in [1.29, 1.82) is 0 Å². The van der Waals surface area contributed by atoms with Gasteiger partial charge in [0, 0.05) is 12.6 Å². The Balaban J connectivity index is 2.83. The van der Waals surface area contributed by atoms with E-state index in [0.29, 0.717) is 11.3 Å². The second-order valence-corrected chi connectivity index (χ2v) is 3.36. The van der Waals surface area contributed by atoms with Crippen LogP contribution in [-0.4, -0.2) is 37.4 Å². The highest BCUT2D eigenvalue weighted by Gasteiger charge is 2.13. The number of likely N-dealkylation sites (N-methyl/N-ethyl adjacent to an activating group) is 1. The summed E-state index contributed by atoms with van der Waals surface area (Å²) in [4.78, 5) is 23.7. The number of hydrogen-bond acceptors (Lipinski definition) is 3. The van der Waals surface area contributed by atoms with E-state index >= 15 is 0 Å². The fraction of sp³-hybridized carbons (Fsp3) is 0.273. The Morgan fingerprint density at radius 1 is 1.44 bits per heavy atom. The fourth-order valence-corrected chi connectivity index (χ4v) is 1.28. The first-order valence-corrected chi connectivity index (χ1v) is 4.72. The number of ether oxygens (including phenoxy) is 1. The average Bonchev–Trinajstić information content (AvgIpc) is 2.27. The van der Waals surface area contributed by atoms with Gasteiger partial charge in [-0.3, -0.25) is 9.59 Å². The van der Waals surface area contributed by atoms with Crippen molar-refractivity contribution in [2.45, 2.75) is 0 Å². The van der Waals surface area contributed by atoms with Gasteiger partial charge in [0.1, 0.15) is 5.75 Å². The summed E-state index contributed by atoms with van der Waals surface area (Å²) in [5.74, 6) is -0.213. The maximum absolute atomic E-state index is 11.8. The van der Waals surface area contributed by atoms with Gasteiger partial charge >= 0.3 is 0 Å². The molecule has 16 heavy (non-hydrogen) atoms. The van der Waals surface area contributed by atoms with Crippen LogP contribution in [-0.2, 0) is 4.79 Å². The molecule has 0 unspecified atom stereocenters. The molecule has 86 valence electrons. The SMILES string of the molecule is COc1cccc(C(=O)N(C)CC(N)=O)c1. The number of primary amides is 1. The van der Waals surface area contributed by atoms with Crippen LogP contribution in [0.15, 0.2) is 24.3 Å². The quantitative estimate of drug-likeness (QED) is 0.793. The molecule has 0 bridgehead atoms. The molecular formula is C11H14N2O3. The summed E-state index contributed by atoms with van der Waals surface area (Å²) in [5.41, 5.74) is 5.47. The van der Waals surface area contributed by atoms with E-state index in [1.54, 1.807) is 24.3 Å². The Kier molecular flexibility index (Phi) is 3.88. The fourth-order valence-electron chi connectivity index (χ4n) is 1.28. The minimum absolute atomic E-state index is 0.101. The van der Waals surface area contributed by atoms with Crippen LogP contribution in [0.25, 0.3) is 0 Å². The molecule has 0 aliphatic carbocycles. The molecule has 0 aliphatic rings. The molecule has 2 N–H and O–H groups in total. The van der Waals surface area contributed by atoms with Gasteiger partial charge in [0.15, 0.2) is 0 Å². The van der Waals surface area contributed by atoms with Crippen LogP contribution in [0.3, 0.4) is 0 Å². The molecule has 0 atom stereocenters. The molecule has 0 spiro atoms. The summed E-state index contributed by atoms with van der Waals surface area (Å²) in [7, 11) is 3.04. The van der Waals surface area contributed by atoms with Gasteiger partial charge in [-0.05, 0) is 18.2 Å². The zero-order valence-corrected chi connectivity index (χ0v) is 9.27. The zero-order valence-electron chi connectivity index (χ0n) is 9.27. The first-order chi connectivity index (χ1) is 7.54. The molecule has 0 saturated heterocycles. The third kappa shape index (κ3) is 2.98. The van der Waals surface area contributed by atoms with E-state index in [4.69, 9.17) is 10.5 Å². The summed E-state index contributed by atoms with van der Waals surface area (Å²) in [5, 5.41) is 0. The number of hydrogen-bond donors (Lipinski definition) is 1. The second-order valence-electron chi connectivity index (χ2n) is 3.36. The monoisotopic (exact) mass is 222 g/mol. The van der Waals surface area contributed by atoms with Crippen molar-refractivity contribution in [1.82, 2.24) is 4.90 Å². The van der Waals surface area contributed by atoms with Crippen molar-refractivity contribution in [3.8, 4) is 5.75 Å². The molecule has 0 aliphatic heterocycles. The van der Waals surface area contributed by atoms with E-state index in [9.17, 15) is 9.59 Å². The predicted molar refractivity (Wildman–Crippen MR) is 59.1 cm³/mol. The van der Waals surface area contributed by atoms with E-state index in [0.717, 1.165) is 0 Å². The molecule has 2 amide bonds. The highest BCUT2D eigenvalue weighted by Crippen LogP contribution is 2.13. The summed E-state index contributed by atoms with van der Waals surface area (Å²) < 4.78 is 5.00. The topological polar surface area (TPSA) is 72.6 Å². The van der Waals surface area contributed by atoms with Gasteiger partial charge in [0.25, 0.3) is 5.91 Å². The van der Waals surface area contributed by atoms with Crippen molar-refractivity contribution in [2.24, 2.45) is 5.73 Å². The van der Waals surface area contributed by atoms with Crippen molar-refractivity contribution in [3.63, 3.8) is 0 Å². The molecule has 0 heterocycles. The average molecular weight is 222 g/mol. The number of methoxy groups -OCH3 is 1. The number of amides is 2. The minimum Gasteiger partial charge on any atom is -0.497 e. The Bertz CT molecular complexity index is 404. The first-order valence-electron chi connectivity index (χ1n) is 4.72. The number of carbonyl (C=O) groups is 2. The summed E-state index contributed by atoms with van der Waals surface area (Å²) in [6.45, 7) is -0.101. The molecule has 0 aromatic heterocycles. The van der Waals surface area contributed by atoms with Gasteiger partial charge in [0.05, 0.1) is 13.7 Å². The molecular weight excluding hydrogens is 208 g/mol. The van der Waals surface area contributed by atoms with Gasteiger partial charge in [-0.25, -0.2) is 0 Å². The number of rotatable bonds is 4. The van der Waals surface area contributed by atoms with E-state index in [1.165, 1.54) is 19.1 Å². The second kappa shape index (κ2) is 5.16. The van der Waals surface area contributed by atoms with Crippen LogP contribution < -0.4 is 10.5 Å².